The van der Waals surface area contributed by atoms with Crippen LogP contribution in [0.2, 0.25) is 0 Å². The van der Waals surface area contributed by atoms with E-state index in [1.807, 2.05) is 12.1 Å². The van der Waals surface area contributed by atoms with Crippen molar-refractivity contribution in [3.05, 3.63) is 69.5 Å². The molecule has 1 heterocycles. The molecule has 0 saturated heterocycles. The van der Waals surface area contributed by atoms with Crippen molar-refractivity contribution in [1.29, 1.82) is 0 Å². The third kappa shape index (κ3) is 3.28. The molecule has 3 aromatic rings. The van der Waals surface area contributed by atoms with Gasteiger partial charge in [-0.25, -0.2) is 4.98 Å². The van der Waals surface area contributed by atoms with E-state index in [2.05, 4.69) is 73.2 Å². The maximum absolute atomic E-state index is 4.64. The van der Waals surface area contributed by atoms with Crippen molar-refractivity contribution < 1.29 is 0 Å². The summed E-state index contributed by atoms with van der Waals surface area (Å²) in [4.78, 5) is 4.64. The third-order valence-corrected chi connectivity index (χ3v) is 5.39. The van der Waals surface area contributed by atoms with Gasteiger partial charge in [0.05, 0.1) is 11.4 Å². The highest BCUT2D eigenvalue weighted by Gasteiger charge is 2.14. The fraction of sp³-hybridized carbons (Fsp3) is 0.158. The molecule has 0 atom stereocenters. The average Bonchev–Trinajstić information content (AvgIpc) is 3.09. The molecule has 1 aliphatic carbocycles. The summed E-state index contributed by atoms with van der Waals surface area (Å²) in [6.45, 7) is 0. The topological polar surface area (TPSA) is 37.3 Å². The number of nitrogens with one attached hydrogen (secondary N) is 1. The molecule has 0 unspecified atom stereocenters. The number of hydrogen-bond donors (Lipinski definition) is 1. The van der Waals surface area contributed by atoms with Crippen LogP contribution in [0, 0.1) is 0 Å². The van der Waals surface area contributed by atoms with E-state index in [0.717, 1.165) is 45.8 Å². The Morgan fingerprint density at radius 1 is 1.04 bits per heavy atom. The Morgan fingerprint density at radius 2 is 1.88 bits per heavy atom. The van der Waals surface area contributed by atoms with Gasteiger partial charge in [0.1, 0.15) is 0 Å². The second kappa shape index (κ2) is 6.87. The molecule has 0 saturated carbocycles. The first-order valence-electron chi connectivity index (χ1n) is 7.92. The van der Waals surface area contributed by atoms with E-state index in [-0.39, 0.29) is 0 Å². The van der Waals surface area contributed by atoms with Crippen molar-refractivity contribution in [1.82, 2.24) is 4.98 Å². The highest BCUT2D eigenvalue weighted by molar-refractivity contribution is 9.10. The standard InChI is InChI=1S/C19H16BrN3S/c20-15-10-8-14(9-11-15)18-12-24-19(21-18)23-22-17-7-3-5-13-4-1-2-6-16(13)17/h1-2,4,6,8-12H,3,5,7H2,(H,21,23)/b22-17-. The lowest BCUT2D eigenvalue weighted by Gasteiger charge is -2.17. The van der Waals surface area contributed by atoms with Gasteiger partial charge >= 0.3 is 0 Å². The molecule has 0 bridgehead atoms. The molecular weight excluding hydrogens is 382 g/mol. The molecule has 1 aliphatic rings. The lowest BCUT2D eigenvalue weighted by molar-refractivity contribution is 0.837. The minimum Gasteiger partial charge on any atom is -0.252 e. The Bertz CT molecular complexity index is 884. The van der Waals surface area contributed by atoms with Gasteiger partial charge in [-0.2, -0.15) is 5.10 Å². The fourth-order valence-electron chi connectivity index (χ4n) is 2.91. The van der Waals surface area contributed by atoms with E-state index in [0.29, 0.717) is 0 Å². The van der Waals surface area contributed by atoms with E-state index in [1.54, 1.807) is 11.3 Å². The van der Waals surface area contributed by atoms with Crippen LogP contribution in [0.3, 0.4) is 0 Å². The van der Waals surface area contributed by atoms with E-state index < -0.39 is 0 Å². The Morgan fingerprint density at radius 3 is 2.75 bits per heavy atom. The number of hydrogen-bond acceptors (Lipinski definition) is 4. The van der Waals surface area contributed by atoms with Crippen molar-refractivity contribution in [2.24, 2.45) is 5.10 Å². The molecular formula is C19H16BrN3S. The lowest BCUT2D eigenvalue weighted by atomic mass is 9.90. The maximum Gasteiger partial charge on any atom is 0.203 e. The van der Waals surface area contributed by atoms with Gasteiger partial charge in [-0.1, -0.05) is 52.3 Å². The quantitative estimate of drug-likeness (QED) is 0.573. The van der Waals surface area contributed by atoms with Crippen LogP contribution in [0.5, 0.6) is 0 Å². The van der Waals surface area contributed by atoms with Crippen LogP contribution in [0.25, 0.3) is 11.3 Å². The smallest absolute Gasteiger partial charge is 0.203 e. The molecule has 2 aromatic carbocycles. The number of benzene rings is 2. The largest absolute Gasteiger partial charge is 0.252 e. The molecule has 1 aromatic heterocycles. The van der Waals surface area contributed by atoms with Gasteiger partial charge in [-0.05, 0) is 37.0 Å². The molecule has 3 nitrogen and oxygen atoms in total. The number of thiazole rings is 1. The van der Waals surface area contributed by atoms with Crippen LogP contribution in [0.15, 0.2) is 63.5 Å². The summed E-state index contributed by atoms with van der Waals surface area (Å²) in [7, 11) is 0. The third-order valence-electron chi connectivity index (χ3n) is 4.12. The molecule has 0 spiro atoms. The zero-order chi connectivity index (χ0) is 16.4. The maximum atomic E-state index is 4.64. The van der Waals surface area contributed by atoms with Gasteiger partial charge in [0.25, 0.3) is 0 Å². The predicted molar refractivity (Wildman–Crippen MR) is 105 cm³/mol. The predicted octanol–water partition coefficient (Wildman–Crippen LogP) is 5.73. The Labute approximate surface area is 153 Å². The first-order valence-corrected chi connectivity index (χ1v) is 9.59. The van der Waals surface area contributed by atoms with Crippen LogP contribution < -0.4 is 5.43 Å². The van der Waals surface area contributed by atoms with Crippen molar-refractivity contribution in [2.45, 2.75) is 19.3 Å². The Kier molecular flexibility index (Phi) is 4.45. The van der Waals surface area contributed by atoms with Crippen LogP contribution in [0.1, 0.15) is 24.0 Å². The van der Waals surface area contributed by atoms with Gasteiger partial charge < -0.3 is 0 Å². The molecule has 24 heavy (non-hydrogen) atoms. The SMILES string of the molecule is Brc1ccc(-c2csc(N/N=C3/CCCc4ccccc43)n2)cc1. The Hall–Kier alpha value is -1.98. The van der Waals surface area contributed by atoms with Crippen LogP contribution in [-0.2, 0) is 6.42 Å². The fourth-order valence-corrected chi connectivity index (χ4v) is 3.84. The lowest BCUT2D eigenvalue weighted by Crippen LogP contribution is -2.13. The minimum atomic E-state index is 0.823. The van der Waals surface area contributed by atoms with Gasteiger partial charge in [0.15, 0.2) is 0 Å². The normalized spacial score (nSPS) is 15.3. The summed E-state index contributed by atoms with van der Waals surface area (Å²) in [5, 5.41) is 7.50. The van der Waals surface area contributed by atoms with E-state index in [9.17, 15) is 0 Å². The number of anilines is 1. The molecule has 4 rings (SSSR count). The highest BCUT2D eigenvalue weighted by atomic mass is 79.9. The molecule has 0 radical (unpaired) electrons. The number of fused-ring (bicyclic) bond motifs is 1. The van der Waals surface area contributed by atoms with Crippen LogP contribution in [-0.4, -0.2) is 10.7 Å². The second-order valence-corrected chi connectivity index (χ2v) is 7.50. The molecule has 5 heteroatoms. The van der Waals surface area contributed by atoms with Crippen molar-refractivity contribution in [3.8, 4) is 11.3 Å². The first kappa shape index (κ1) is 15.5. The summed E-state index contributed by atoms with van der Waals surface area (Å²) in [6.07, 6.45) is 3.30. The summed E-state index contributed by atoms with van der Waals surface area (Å²) >= 11 is 5.03. The van der Waals surface area contributed by atoms with Gasteiger partial charge in [0, 0.05) is 21.0 Å². The van der Waals surface area contributed by atoms with Crippen molar-refractivity contribution in [2.75, 3.05) is 5.43 Å². The summed E-state index contributed by atoms with van der Waals surface area (Å²) in [5.74, 6) is 0. The van der Waals surface area contributed by atoms with Crippen LogP contribution in [0.4, 0.5) is 5.13 Å². The molecule has 0 fully saturated rings. The summed E-state index contributed by atoms with van der Waals surface area (Å²) in [5.41, 5.74) is 9.00. The number of halogens is 1. The Balaban J connectivity index is 1.54. The summed E-state index contributed by atoms with van der Waals surface area (Å²) in [6, 6.07) is 16.7. The number of nitrogens with zero attached hydrogens (tertiary/aromatic N) is 2. The zero-order valence-electron chi connectivity index (χ0n) is 13.0. The molecule has 0 amide bonds. The van der Waals surface area contributed by atoms with Gasteiger partial charge in [-0.3, -0.25) is 5.43 Å². The first-order chi connectivity index (χ1) is 11.8. The number of aryl methyl sites for hydroxylation is 1. The van der Waals surface area contributed by atoms with Crippen LogP contribution >= 0.6 is 27.3 Å². The van der Waals surface area contributed by atoms with E-state index in [1.165, 1.54) is 11.1 Å². The minimum absolute atomic E-state index is 0.823. The molecule has 1 N–H and O–H groups in total. The zero-order valence-corrected chi connectivity index (χ0v) is 15.4. The van der Waals surface area contributed by atoms with Gasteiger partial charge in [-0.15, -0.1) is 11.3 Å². The molecule has 120 valence electrons. The van der Waals surface area contributed by atoms with Gasteiger partial charge in [0.2, 0.25) is 5.13 Å². The second-order valence-electron chi connectivity index (χ2n) is 5.73. The van der Waals surface area contributed by atoms with Crippen molar-refractivity contribution >= 4 is 38.1 Å². The molecule has 0 aliphatic heterocycles. The number of aromatic nitrogens is 1. The monoisotopic (exact) mass is 397 g/mol. The van der Waals surface area contributed by atoms with E-state index in [4.69, 9.17) is 0 Å². The van der Waals surface area contributed by atoms with Crippen molar-refractivity contribution in [3.63, 3.8) is 0 Å². The average molecular weight is 398 g/mol. The number of hydrazone groups is 1. The summed E-state index contributed by atoms with van der Waals surface area (Å²) < 4.78 is 1.07. The number of rotatable bonds is 3. The van der Waals surface area contributed by atoms with E-state index >= 15 is 0 Å². The highest BCUT2D eigenvalue weighted by Crippen LogP contribution is 2.27.